The molecule has 0 aliphatic rings. The van der Waals surface area contributed by atoms with Gasteiger partial charge in [-0.15, -0.1) is 0 Å². The number of halogens is 1. The average molecular weight is 335 g/mol. The van der Waals surface area contributed by atoms with Crippen LogP contribution in [0.25, 0.3) is 0 Å². The van der Waals surface area contributed by atoms with Gasteiger partial charge in [0, 0.05) is 19.2 Å². The molecule has 0 aromatic heterocycles. The Morgan fingerprint density at radius 2 is 2.05 bits per heavy atom. The maximum Gasteiger partial charge on any atom is 0.244 e. The molecular formula is C13H19ClN2O2S2. The summed E-state index contributed by atoms with van der Waals surface area (Å²) >= 11 is 10.9. The summed E-state index contributed by atoms with van der Waals surface area (Å²) in [5, 5.41) is 0.168. The highest BCUT2D eigenvalue weighted by Gasteiger charge is 2.24. The first kappa shape index (κ1) is 17.4. The predicted molar refractivity (Wildman–Crippen MR) is 86.6 cm³/mol. The molecule has 0 fully saturated rings. The molecule has 0 atom stereocenters. The second-order valence-corrected chi connectivity index (χ2v) is 7.88. The number of rotatable bonds is 6. The van der Waals surface area contributed by atoms with E-state index in [4.69, 9.17) is 29.6 Å². The van der Waals surface area contributed by atoms with Gasteiger partial charge in [-0.05, 0) is 24.5 Å². The van der Waals surface area contributed by atoms with Crippen LogP contribution in [0.5, 0.6) is 0 Å². The summed E-state index contributed by atoms with van der Waals surface area (Å²) in [6.45, 7) is 4.52. The van der Waals surface area contributed by atoms with Crippen LogP contribution in [-0.4, -0.2) is 31.3 Å². The summed E-state index contributed by atoms with van der Waals surface area (Å²) in [5.74, 6) is 0.422. The fraction of sp³-hybridized carbons (Fsp3) is 0.462. The quantitative estimate of drug-likeness (QED) is 0.812. The molecule has 1 aromatic rings. The number of thiocarbonyl (C=S) groups is 1. The molecule has 20 heavy (non-hydrogen) atoms. The smallest absolute Gasteiger partial charge is 0.244 e. The van der Waals surface area contributed by atoms with E-state index in [0.717, 1.165) is 6.42 Å². The second kappa shape index (κ2) is 6.85. The molecule has 0 radical (unpaired) electrons. The third-order valence-electron chi connectivity index (χ3n) is 2.93. The van der Waals surface area contributed by atoms with Crippen molar-refractivity contribution in [2.24, 2.45) is 11.7 Å². The monoisotopic (exact) mass is 334 g/mol. The standard InChI is InChI=1S/C13H19ClN2O2S2/c1-9(2)6-7-16(3)20(17,18)12-8-10(13(15)19)4-5-11(12)14/h4-5,8-9H,6-7H2,1-3H3,(H2,15,19). The zero-order valence-electron chi connectivity index (χ0n) is 11.8. The number of nitrogens with two attached hydrogens (primary N) is 1. The molecule has 2 N–H and O–H groups in total. The highest BCUT2D eigenvalue weighted by atomic mass is 35.5. The summed E-state index contributed by atoms with van der Waals surface area (Å²) < 4.78 is 26.3. The number of nitrogens with zero attached hydrogens (tertiary/aromatic N) is 1. The molecule has 0 spiro atoms. The maximum atomic E-state index is 12.5. The number of sulfonamides is 1. The van der Waals surface area contributed by atoms with Crippen molar-refractivity contribution in [1.29, 1.82) is 0 Å². The van der Waals surface area contributed by atoms with Crippen LogP contribution in [0.15, 0.2) is 23.1 Å². The van der Waals surface area contributed by atoms with Crippen molar-refractivity contribution in [1.82, 2.24) is 4.31 Å². The minimum atomic E-state index is -3.64. The Kier molecular flexibility index (Phi) is 5.94. The van der Waals surface area contributed by atoms with Gasteiger partial charge in [0.25, 0.3) is 0 Å². The lowest BCUT2D eigenvalue weighted by molar-refractivity contribution is 0.428. The first-order chi connectivity index (χ1) is 9.16. The van der Waals surface area contributed by atoms with Gasteiger partial charge < -0.3 is 5.73 Å². The van der Waals surface area contributed by atoms with Gasteiger partial charge in [-0.2, -0.15) is 0 Å². The van der Waals surface area contributed by atoms with Crippen LogP contribution < -0.4 is 5.73 Å². The summed E-state index contributed by atoms with van der Waals surface area (Å²) in [5.41, 5.74) is 6.02. The van der Waals surface area contributed by atoms with E-state index in [2.05, 4.69) is 0 Å². The van der Waals surface area contributed by atoms with Gasteiger partial charge in [-0.25, -0.2) is 12.7 Å². The molecule has 4 nitrogen and oxygen atoms in total. The number of hydrogen-bond acceptors (Lipinski definition) is 3. The van der Waals surface area contributed by atoms with Crippen LogP contribution in [0.4, 0.5) is 0 Å². The Morgan fingerprint density at radius 1 is 1.45 bits per heavy atom. The van der Waals surface area contributed by atoms with E-state index in [0.29, 0.717) is 18.0 Å². The number of hydrogen-bond donors (Lipinski definition) is 1. The summed E-state index contributed by atoms with van der Waals surface area (Å²) in [4.78, 5) is 0.179. The lowest BCUT2D eigenvalue weighted by atomic mass is 10.1. The molecule has 0 saturated carbocycles. The van der Waals surface area contributed by atoms with Gasteiger partial charge in [0.2, 0.25) is 10.0 Å². The second-order valence-electron chi connectivity index (χ2n) is 5.02. The van der Waals surface area contributed by atoms with E-state index in [1.54, 1.807) is 13.1 Å². The molecule has 1 aromatic carbocycles. The van der Waals surface area contributed by atoms with E-state index >= 15 is 0 Å². The molecule has 0 bridgehead atoms. The maximum absolute atomic E-state index is 12.5. The zero-order valence-corrected chi connectivity index (χ0v) is 14.1. The van der Waals surface area contributed by atoms with Crippen LogP contribution in [-0.2, 0) is 10.0 Å². The van der Waals surface area contributed by atoms with Gasteiger partial charge in [0.15, 0.2) is 0 Å². The van der Waals surface area contributed by atoms with Crippen molar-refractivity contribution < 1.29 is 8.42 Å². The Labute approximate surface area is 131 Å². The van der Waals surface area contributed by atoms with Gasteiger partial charge in [-0.1, -0.05) is 43.7 Å². The van der Waals surface area contributed by atoms with Gasteiger partial charge >= 0.3 is 0 Å². The summed E-state index contributed by atoms with van der Waals surface area (Å²) in [6, 6.07) is 4.53. The lowest BCUT2D eigenvalue weighted by Gasteiger charge is -2.19. The Balaban J connectivity index is 3.14. The molecule has 0 aliphatic heterocycles. The fourth-order valence-electron chi connectivity index (χ4n) is 1.58. The Bertz CT molecular complexity index is 600. The van der Waals surface area contributed by atoms with E-state index < -0.39 is 10.0 Å². The molecule has 0 heterocycles. The Morgan fingerprint density at radius 3 is 2.55 bits per heavy atom. The molecule has 7 heteroatoms. The van der Waals surface area contributed by atoms with Crippen LogP contribution >= 0.6 is 23.8 Å². The largest absolute Gasteiger partial charge is 0.389 e. The normalized spacial score (nSPS) is 12.1. The van der Waals surface area contributed by atoms with E-state index in [9.17, 15) is 8.42 Å². The van der Waals surface area contributed by atoms with Gasteiger partial charge in [-0.3, -0.25) is 0 Å². The van der Waals surface area contributed by atoms with Crippen LogP contribution in [0.1, 0.15) is 25.8 Å². The highest BCUT2D eigenvalue weighted by Crippen LogP contribution is 2.25. The fourth-order valence-corrected chi connectivity index (χ4v) is 3.39. The van der Waals surface area contributed by atoms with E-state index in [1.807, 2.05) is 13.8 Å². The zero-order chi connectivity index (χ0) is 15.5. The summed E-state index contributed by atoms with van der Waals surface area (Å²) in [7, 11) is -2.09. The van der Waals surface area contributed by atoms with Crippen LogP contribution in [0.2, 0.25) is 5.02 Å². The van der Waals surface area contributed by atoms with Gasteiger partial charge in [0.1, 0.15) is 9.88 Å². The first-order valence-corrected chi connectivity index (χ1v) is 8.44. The third-order valence-corrected chi connectivity index (χ3v) is 5.50. The van der Waals surface area contributed by atoms with Crippen molar-refractivity contribution in [3.05, 3.63) is 28.8 Å². The molecular weight excluding hydrogens is 316 g/mol. The molecule has 0 saturated heterocycles. The van der Waals surface area contributed by atoms with Crippen molar-refractivity contribution >= 4 is 38.8 Å². The minimum Gasteiger partial charge on any atom is -0.389 e. The van der Waals surface area contributed by atoms with Crippen molar-refractivity contribution in [3.8, 4) is 0 Å². The third kappa shape index (κ3) is 4.15. The van der Waals surface area contributed by atoms with E-state index in [-0.39, 0.29) is 14.9 Å². The molecule has 0 aliphatic carbocycles. The molecule has 0 unspecified atom stereocenters. The Hall–Kier alpha value is -0.690. The van der Waals surface area contributed by atoms with Crippen molar-refractivity contribution in [2.45, 2.75) is 25.2 Å². The van der Waals surface area contributed by atoms with Crippen molar-refractivity contribution in [2.75, 3.05) is 13.6 Å². The lowest BCUT2D eigenvalue weighted by Crippen LogP contribution is -2.29. The summed E-state index contributed by atoms with van der Waals surface area (Å²) in [6.07, 6.45) is 0.780. The molecule has 1 rings (SSSR count). The van der Waals surface area contributed by atoms with Crippen LogP contribution in [0, 0.1) is 5.92 Å². The highest BCUT2D eigenvalue weighted by molar-refractivity contribution is 7.89. The SMILES string of the molecule is CC(C)CCN(C)S(=O)(=O)c1cc(C(N)=S)ccc1Cl. The van der Waals surface area contributed by atoms with Crippen molar-refractivity contribution in [3.63, 3.8) is 0 Å². The number of benzene rings is 1. The minimum absolute atomic E-state index is 0.0377. The molecule has 0 amide bonds. The van der Waals surface area contributed by atoms with E-state index in [1.165, 1.54) is 16.4 Å². The predicted octanol–water partition coefficient (Wildman–Crippen LogP) is 2.64. The topological polar surface area (TPSA) is 63.4 Å². The molecule has 112 valence electrons. The first-order valence-electron chi connectivity index (χ1n) is 6.22. The average Bonchev–Trinajstić information content (AvgIpc) is 2.35. The van der Waals surface area contributed by atoms with Crippen LogP contribution in [0.3, 0.4) is 0 Å². The van der Waals surface area contributed by atoms with Gasteiger partial charge in [0.05, 0.1) is 5.02 Å².